The summed E-state index contributed by atoms with van der Waals surface area (Å²) < 4.78 is 40.6. The second-order valence-electron chi connectivity index (χ2n) is 7.71. The highest BCUT2D eigenvalue weighted by molar-refractivity contribution is 7.89. The van der Waals surface area contributed by atoms with Gasteiger partial charge in [-0.2, -0.15) is 4.31 Å². The maximum absolute atomic E-state index is 13.5. The number of aliphatic hydroxyl groups excluding tert-OH is 2. The number of hydrogen-bond acceptors (Lipinski definition) is 5. The Morgan fingerprint density at radius 3 is 2.65 bits per heavy atom. The Balaban J connectivity index is 1.50. The quantitative estimate of drug-likeness (QED) is 0.603. The first-order chi connectivity index (χ1) is 14.8. The smallest absolute Gasteiger partial charge is 0.243 e. The summed E-state index contributed by atoms with van der Waals surface area (Å²) in [7, 11) is -3.86. The van der Waals surface area contributed by atoms with Gasteiger partial charge in [0.15, 0.2) is 0 Å². The average Bonchev–Trinajstić information content (AvgIpc) is 3.18. The number of alkyl halides is 1. The number of fused-ring (bicyclic) bond motifs is 1. The maximum Gasteiger partial charge on any atom is 0.243 e. The Bertz CT molecular complexity index is 1100. The molecule has 8 nitrogen and oxygen atoms in total. The minimum absolute atomic E-state index is 0.0312. The molecule has 2 heterocycles. The molecule has 1 aliphatic heterocycles. The van der Waals surface area contributed by atoms with Gasteiger partial charge in [-0.1, -0.05) is 18.2 Å². The Hall–Kier alpha value is -2.53. The molecule has 1 aliphatic carbocycles. The summed E-state index contributed by atoms with van der Waals surface area (Å²) in [6.07, 6.45) is 3.25. The number of β-amino-alcohol motifs (C(OH)–C–C–N with tert-alkyl or cyclic N) is 1. The molecule has 4 rings (SSSR count). The van der Waals surface area contributed by atoms with Gasteiger partial charge < -0.3 is 20.1 Å². The van der Waals surface area contributed by atoms with E-state index in [0.717, 1.165) is 26.7 Å². The number of carbonyl (C=O) groups excluding carboxylic acids is 1. The number of nitrogens with one attached hydrogen (secondary N) is 1. The van der Waals surface area contributed by atoms with Crippen LogP contribution in [0.5, 0.6) is 0 Å². The van der Waals surface area contributed by atoms with E-state index in [0.29, 0.717) is 0 Å². The summed E-state index contributed by atoms with van der Waals surface area (Å²) >= 11 is 0. The normalized spacial score (nSPS) is 20.7. The molecule has 0 radical (unpaired) electrons. The number of carbonyl (C=O) groups is 1. The van der Waals surface area contributed by atoms with Gasteiger partial charge >= 0.3 is 0 Å². The van der Waals surface area contributed by atoms with Crippen LogP contribution >= 0.6 is 0 Å². The summed E-state index contributed by atoms with van der Waals surface area (Å²) in [4.78, 5) is 16.8. The van der Waals surface area contributed by atoms with Crippen molar-refractivity contribution >= 4 is 22.0 Å². The zero-order chi connectivity index (χ0) is 22.2. The summed E-state index contributed by atoms with van der Waals surface area (Å²) in [6.45, 7) is -0.565. The summed E-state index contributed by atoms with van der Waals surface area (Å²) in [5.74, 6) is -0.421. The lowest BCUT2D eigenvalue weighted by molar-refractivity contribution is -0.135. The largest absolute Gasteiger partial charge is 0.394 e. The summed E-state index contributed by atoms with van der Waals surface area (Å²) in [6, 6.07) is 6.39. The van der Waals surface area contributed by atoms with Crippen molar-refractivity contribution in [2.24, 2.45) is 0 Å². The molecule has 0 saturated carbocycles. The molecular formula is C21H24FN3O5S. The van der Waals surface area contributed by atoms with Crippen LogP contribution < -0.4 is 0 Å². The number of amides is 1. The second-order valence-corrected chi connectivity index (χ2v) is 9.65. The number of aromatic nitrogens is 1. The first kappa shape index (κ1) is 21.7. The molecule has 3 N–H and O–H groups in total. The number of sulfonamides is 1. The van der Waals surface area contributed by atoms with Crippen molar-refractivity contribution in [3.8, 4) is 11.1 Å². The van der Waals surface area contributed by atoms with E-state index >= 15 is 0 Å². The van der Waals surface area contributed by atoms with Crippen LogP contribution in [0.4, 0.5) is 4.39 Å². The minimum Gasteiger partial charge on any atom is -0.394 e. The molecule has 1 unspecified atom stereocenters. The van der Waals surface area contributed by atoms with E-state index in [9.17, 15) is 22.7 Å². The monoisotopic (exact) mass is 449 g/mol. The van der Waals surface area contributed by atoms with Crippen molar-refractivity contribution in [1.29, 1.82) is 0 Å². The van der Waals surface area contributed by atoms with Crippen LogP contribution in [0.25, 0.3) is 17.2 Å². The SMILES string of the molecule is O=C1CN(S(=O)(=O)c2ccc(-c3c[nH]c4c3C=CC(F)C4)cc2)CCN1C[C@@H](O)CO. The van der Waals surface area contributed by atoms with Gasteiger partial charge in [-0.25, -0.2) is 12.8 Å². The Morgan fingerprint density at radius 2 is 1.97 bits per heavy atom. The number of H-pyrrole nitrogens is 1. The summed E-state index contributed by atoms with van der Waals surface area (Å²) in [5.41, 5.74) is 3.38. The van der Waals surface area contributed by atoms with E-state index in [1.54, 1.807) is 24.4 Å². The molecule has 31 heavy (non-hydrogen) atoms. The topological polar surface area (TPSA) is 114 Å². The van der Waals surface area contributed by atoms with Crippen molar-refractivity contribution in [2.75, 3.05) is 32.8 Å². The van der Waals surface area contributed by atoms with Crippen LogP contribution in [0.3, 0.4) is 0 Å². The Labute approximate surface area is 179 Å². The number of aromatic amines is 1. The van der Waals surface area contributed by atoms with Gasteiger partial charge in [0.05, 0.1) is 24.2 Å². The van der Waals surface area contributed by atoms with Crippen LogP contribution in [0.1, 0.15) is 11.3 Å². The highest BCUT2D eigenvalue weighted by Gasteiger charge is 2.33. The minimum atomic E-state index is -3.86. The zero-order valence-electron chi connectivity index (χ0n) is 16.7. The van der Waals surface area contributed by atoms with E-state index in [2.05, 4.69) is 4.98 Å². The number of halogens is 1. The van der Waals surface area contributed by atoms with Crippen molar-refractivity contribution in [3.05, 3.63) is 47.8 Å². The zero-order valence-corrected chi connectivity index (χ0v) is 17.6. The van der Waals surface area contributed by atoms with Gasteiger partial charge in [-0.05, 0) is 23.8 Å². The highest BCUT2D eigenvalue weighted by atomic mass is 32.2. The highest BCUT2D eigenvalue weighted by Crippen LogP contribution is 2.32. The second kappa shape index (κ2) is 8.54. The van der Waals surface area contributed by atoms with Gasteiger partial charge in [0.2, 0.25) is 15.9 Å². The molecule has 2 aromatic rings. The molecule has 1 saturated heterocycles. The predicted octanol–water partition coefficient (Wildman–Crippen LogP) is 0.775. The lowest BCUT2D eigenvalue weighted by Gasteiger charge is -2.34. The molecule has 2 aliphatic rings. The average molecular weight is 450 g/mol. The van der Waals surface area contributed by atoms with E-state index in [4.69, 9.17) is 5.11 Å². The molecule has 10 heteroatoms. The first-order valence-corrected chi connectivity index (χ1v) is 11.4. The molecule has 0 bridgehead atoms. The molecular weight excluding hydrogens is 425 g/mol. The maximum atomic E-state index is 13.5. The fraction of sp³-hybridized carbons (Fsp3) is 0.381. The molecule has 2 atom stereocenters. The molecule has 1 amide bonds. The van der Waals surface area contributed by atoms with Gasteiger partial charge in [-0.15, -0.1) is 0 Å². The third-order valence-corrected chi connectivity index (χ3v) is 7.46. The van der Waals surface area contributed by atoms with Gasteiger partial charge in [0, 0.05) is 49.1 Å². The van der Waals surface area contributed by atoms with Crippen LogP contribution in [0, 0.1) is 0 Å². The third-order valence-electron chi connectivity index (χ3n) is 5.61. The lowest BCUT2D eigenvalue weighted by atomic mass is 9.97. The van der Waals surface area contributed by atoms with Crippen molar-refractivity contribution in [2.45, 2.75) is 23.6 Å². The Kier molecular flexibility index (Phi) is 5.98. The van der Waals surface area contributed by atoms with E-state index in [1.165, 1.54) is 23.1 Å². The van der Waals surface area contributed by atoms with E-state index in [-0.39, 0.29) is 37.5 Å². The number of benzene rings is 1. The number of piperazine rings is 1. The standard InChI is InChI=1S/C21H24FN3O5S/c22-15-3-6-18-19(10-23-20(18)9-15)14-1-4-17(5-2-14)31(29,30)25-8-7-24(21(28)12-25)11-16(27)13-26/h1-6,10,15-16,23,26-27H,7-9,11-13H2/t15?,16-/m1/s1. The molecule has 166 valence electrons. The fourth-order valence-electron chi connectivity index (χ4n) is 3.89. The third kappa shape index (κ3) is 4.29. The van der Waals surface area contributed by atoms with Crippen LogP contribution in [-0.2, 0) is 21.2 Å². The number of hydrogen-bond donors (Lipinski definition) is 3. The van der Waals surface area contributed by atoms with Crippen LogP contribution in [0.15, 0.2) is 41.4 Å². The molecule has 1 aromatic carbocycles. The number of rotatable bonds is 6. The first-order valence-electron chi connectivity index (χ1n) is 9.99. The predicted molar refractivity (Wildman–Crippen MR) is 112 cm³/mol. The van der Waals surface area contributed by atoms with E-state index in [1.807, 2.05) is 0 Å². The number of nitrogens with zero attached hydrogens (tertiary/aromatic N) is 2. The fourth-order valence-corrected chi connectivity index (χ4v) is 5.27. The molecule has 1 fully saturated rings. The van der Waals surface area contributed by atoms with Crippen molar-refractivity contribution in [1.82, 2.24) is 14.2 Å². The van der Waals surface area contributed by atoms with Gasteiger partial charge in [-0.3, -0.25) is 4.79 Å². The van der Waals surface area contributed by atoms with Crippen LogP contribution in [0.2, 0.25) is 0 Å². The van der Waals surface area contributed by atoms with Crippen molar-refractivity contribution < 1.29 is 27.8 Å². The van der Waals surface area contributed by atoms with Crippen molar-refractivity contribution in [3.63, 3.8) is 0 Å². The summed E-state index contributed by atoms with van der Waals surface area (Å²) in [5, 5.41) is 18.5. The molecule has 1 aromatic heterocycles. The van der Waals surface area contributed by atoms with Gasteiger partial charge in [0.25, 0.3) is 0 Å². The number of allylic oxidation sites excluding steroid dienone is 1. The molecule has 0 spiro atoms. The van der Waals surface area contributed by atoms with Gasteiger partial charge in [0.1, 0.15) is 6.17 Å². The van der Waals surface area contributed by atoms with Crippen LogP contribution in [-0.4, -0.2) is 83.8 Å². The Morgan fingerprint density at radius 1 is 1.23 bits per heavy atom. The van der Waals surface area contributed by atoms with E-state index < -0.39 is 34.8 Å². The lowest BCUT2D eigenvalue weighted by Crippen LogP contribution is -2.54. The number of aliphatic hydroxyl groups is 2.